The average molecular weight is 720 g/mol. The van der Waals surface area contributed by atoms with Gasteiger partial charge in [-0.05, 0) is 106 Å². The number of benzene rings is 2. The van der Waals surface area contributed by atoms with Gasteiger partial charge in [0.05, 0.1) is 23.6 Å². The number of carbonyl (C=O) groups is 1. The molecule has 0 bridgehead atoms. The summed E-state index contributed by atoms with van der Waals surface area (Å²) in [5.41, 5.74) is 4.76. The van der Waals surface area contributed by atoms with Crippen molar-refractivity contribution in [3.8, 4) is 11.4 Å². The number of anilines is 2. The van der Waals surface area contributed by atoms with Crippen molar-refractivity contribution in [2.24, 2.45) is 0 Å². The number of hydrogen-bond acceptors (Lipinski definition) is 7. The molecule has 8 rings (SSSR count). The standard InChI is InChI=1S/C41H50FN9O2/c1-27-11-7-8-22-49(27)40-46-45-37-19-15-30(26-50(37)40)53-35-18-17-34(31-12-5-6-13-32(31)35)43-39(52)44-38-24-36(41(2,3)4)47-51(38)29-14-16-33(42)28(23-29)25-48-20-9-10-21-48/h5-6,12-16,19,23-24,26-27,34-35H,7-11,17-18,20-22,25H2,1-4H3,(H2,43,44,52)/t27-,34-,35+/m0/s1. The lowest BCUT2D eigenvalue weighted by Gasteiger charge is -2.33. The number of fused-ring (bicyclic) bond motifs is 2. The number of ether oxygens (including phenoxy) is 1. The molecule has 5 heterocycles. The number of likely N-dealkylation sites (tertiary alicyclic amines) is 1. The number of nitrogens with one attached hydrogen (secondary N) is 2. The Bertz CT molecular complexity index is 2100. The second-order valence-corrected chi connectivity index (χ2v) is 15.9. The second-order valence-electron chi connectivity index (χ2n) is 15.9. The van der Waals surface area contributed by atoms with Crippen LogP contribution in [0.3, 0.4) is 0 Å². The number of hydrogen-bond donors (Lipinski definition) is 2. The van der Waals surface area contributed by atoms with Crippen molar-refractivity contribution in [2.75, 3.05) is 29.9 Å². The summed E-state index contributed by atoms with van der Waals surface area (Å²) >= 11 is 0. The number of amides is 2. The maximum atomic E-state index is 15.0. The van der Waals surface area contributed by atoms with Crippen LogP contribution in [0, 0.1) is 5.82 Å². The number of nitrogens with zero attached hydrogens (tertiary/aromatic N) is 7. The third kappa shape index (κ3) is 7.33. The van der Waals surface area contributed by atoms with Gasteiger partial charge in [0, 0.05) is 36.2 Å². The van der Waals surface area contributed by atoms with E-state index in [1.807, 2.05) is 47.0 Å². The first-order valence-electron chi connectivity index (χ1n) is 19.2. The Balaban J connectivity index is 0.998. The molecule has 3 atom stereocenters. The molecular weight excluding hydrogens is 670 g/mol. The topological polar surface area (TPSA) is 105 Å². The van der Waals surface area contributed by atoms with Gasteiger partial charge in [0.2, 0.25) is 5.95 Å². The molecule has 278 valence electrons. The van der Waals surface area contributed by atoms with E-state index in [0.717, 1.165) is 85.9 Å². The van der Waals surface area contributed by atoms with Gasteiger partial charge < -0.3 is 15.0 Å². The summed E-state index contributed by atoms with van der Waals surface area (Å²) in [7, 11) is 0. The van der Waals surface area contributed by atoms with Crippen LogP contribution in [0.15, 0.2) is 66.9 Å². The first kappa shape index (κ1) is 35.1. The van der Waals surface area contributed by atoms with E-state index in [1.165, 1.54) is 12.5 Å². The van der Waals surface area contributed by atoms with Crippen molar-refractivity contribution in [1.29, 1.82) is 0 Å². The molecule has 0 radical (unpaired) electrons. The van der Waals surface area contributed by atoms with E-state index in [9.17, 15) is 9.18 Å². The van der Waals surface area contributed by atoms with Gasteiger partial charge in [0.15, 0.2) is 5.65 Å². The van der Waals surface area contributed by atoms with Gasteiger partial charge >= 0.3 is 6.03 Å². The highest BCUT2D eigenvalue weighted by Crippen LogP contribution is 2.39. The van der Waals surface area contributed by atoms with Crippen LogP contribution in [-0.2, 0) is 12.0 Å². The number of piperidine rings is 1. The van der Waals surface area contributed by atoms with Crippen LogP contribution in [0.2, 0.25) is 0 Å². The van der Waals surface area contributed by atoms with E-state index >= 15 is 0 Å². The van der Waals surface area contributed by atoms with Crippen LogP contribution in [0.1, 0.15) is 107 Å². The minimum absolute atomic E-state index is 0.178. The van der Waals surface area contributed by atoms with E-state index < -0.39 is 0 Å². The summed E-state index contributed by atoms with van der Waals surface area (Å²) in [4.78, 5) is 18.4. The lowest BCUT2D eigenvalue weighted by molar-refractivity contribution is 0.171. The predicted molar refractivity (Wildman–Crippen MR) is 204 cm³/mol. The normalized spacial score (nSPS) is 20.8. The molecular formula is C41H50FN9O2. The Hall–Kier alpha value is -4.97. The Kier molecular flexibility index (Phi) is 9.57. The first-order valence-corrected chi connectivity index (χ1v) is 19.2. The highest BCUT2D eigenvalue weighted by atomic mass is 19.1. The zero-order valence-corrected chi connectivity index (χ0v) is 31.2. The number of rotatable bonds is 8. The summed E-state index contributed by atoms with van der Waals surface area (Å²) in [6.07, 6.45) is 9.05. The SMILES string of the molecule is C[C@H]1CCCCN1c1nnc2ccc(O[C@@H]3CC[C@H](NC(=O)Nc4cc(C(C)(C)C)nn4-c4ccc(F)c(CN5CCCC5)c4)c4ccccc43)cn12. The highest BCUT2D eigenvalue weighted by Gasteiger charge is 2.31. The summed E-state index contributed by atoms with van der Waals surface area (Å²) in [5.74, 6) is 1.90. The van der Waals surface area contributed by atoms with Gasteiger partial charge in [-0.15, -0.1) is 10.2 Å². The van der Waals surface area contributed by atoms with Crippen molar-refractivity contribution in [3.05, 3.63) is 95.1 Å². The number of pyridine rings is 1. The first-order chi connectivity index (χ1) is 25.6. The molecule has 2 N–H and O–H groups in total. The number of urea groups is 1. The van der Waals surface area contributed by atoms with Crippen molar-refractivity contribution >= 4 is 23.4 Å². The molecule has 2 aromatic carbocycles. The summed E-state index contributed by atoms with van der Waals surface area (Å²) in [6.45, 7) is 12.0. The number of carbonyl (C=O) groups excluding carboxylic acids is 1. The molecule has 53 heavy (non-hydrogen) atoms. The van der Waals surface area contributed by atoms with E-state index in [4.69, 9.17) is 9.84 Å². The Labute approximate surface area is 310 Å². The number of aromatic nitrogens is 5. The van der Waals surface area contributed by atoms with E-state index in [1.54, 1.807) is 10.7 Å². The van der Waals surface area contributed by atoms with Gasteiger partial charge in [-0.25, -0.2) is 13.9 Å². The Morgan fingerprint density at radius 2 is 1.72 bits per heavy atom. The molecule has 0 unspecified atom stereocenters. The maximum absolute atomic E-state index is 15.0. The van der Waals surface area contributed by atoms with Crippen LogP contribution < -0.4 is 20.3 Å². The maximum Gasteiger partial charge on any atom is 0.320 e. The fourth-order valence-corrected chi connectivity index (χ4v) is 8.05. The highest BCUT2D eigenvalue weighted by molar-refractivity contribution is 5.89. The molecule has 1 aliphatic carbocycles. The van der Waals surface area contributed by atoms with E-state index in [-0.39, 0.29) is 29.4 Å². The van der Waals surface area contributed by atoms with Crippen LogP contribution in [-0.4, -0.2) is 61.0 Å². The van der Waals surface area contributed by atoms with Crippen LogP contribution in [0.4, 0.5) is 21.0 Å². The lowest BCUT2D eigenvalue weighted by atomic mass is 9.85. The molecule has 2 aliphatic heterocycles. The van der Waals surface area contributed by atoms with E-state index in [0.29, 0.717) is 36.1 Å². The lowest BCUT2D eigenvalue weighted by Crippen LogP contribution is -2.38. The fourth-order valence-electron chi connectivity index (χ4n) is 8.05. The molecule has 12 heteroatoms. The van der Waals surface area contributed by atoms with Crippen LogP contribution in [0.5, 0.6) is 5.75 Å². The van der Waals surface area contributed by atoms with Gasteiger partial charge in [-0.2, -0.15) is 5.10 Å². The molecule has 3 aromatic heterocycles. The smallest absolute Gasteiger partial charge is 0.320 e. The molecule has 2 fully saturated rings. The van der Waals surface area contributed by atoms with Gasteiger partial charge in [0.1, 0.15) is 23.5 Å². The second kappa shape index (κ2) is 14.5. The van der Waals surface area contributed by atoms with Gasteiger partial charge in [0.25, 0.3) is 0 Å². The summed E-state index contributed by atoms with van der Waals surface area (Å²) in [5, 5.41) is 20.2. The predicted octanol–water partition coefficient (Wildman–Crippen LogP) is 8.10. The zero-order chi connectivity index (χ0) is 36.7. The van der Waals surface area contributed by atoms with Gasteiger partial charge in [-0.1, -0.05) is 45.0 Å². The van der Waals surface area contributed by atoms with Crippen molar-refractivity contribution in [1.82, 2.24) is 34.6 Å². The third-order valence-electron chi connectivity index (χ3n) is 11.0. The van der Waals surface area contributed by atoms with Crippen molar-refractivity contribution in [3.63, 3.8) is 0 Å². The number of halogens is 1. The van der Waals surface area contributed by atoms with Crippen molar-refractivity contribution in [2.45, 2.75) is 103 Å². The molecule has 2 amide bonds. The largest absolute Gasteiger partial charge is 0.484 e. The molecule has 2 saturated heterocycles. The zero-order valence-electron chi connectivity index (χ0n) is 31.2. The Morgan fingerprint density at radius 3 is 2.51 bits per heavy atom. The average Bonchev–Trinajstić information content (AvgIpc) is 3.91. The molecule has 5 aromatic rings. The molecule has 0 saturated carbocycles. The van der Waals surface area contributed by atoms with Gasteiger partial charge in [-0.3, -0.25) is 14.6 Å². The molecule has 3 aliphatic rings. The molecule has 0 spiro atoms. The summed E-state index contributed by atoms with van der Waals surface area (Å²) in [6, 6.07) is 18.9. The summed E-state index contributed by atoms with van der Waals surface area (Å²) < 4.78 is 25.4. The Morgan fingerprint density at radius 1 is 0.925 bits per heavy atom. The quantitative estimate of drug-likeness (QED) is 0.167. The van der Waals surface area contributed by atoms with E-state index in [2.05, 4.69) is 70.5 Å². The third-order valence-corrected chi connectivity index (χ3v) is 11.0. The molecule has 11 nitrogen and oxygen atoms in total. The van der Waals surface area contributed by atoms with Crippen molar-refractivity contribution < 1.29 is 13.9 Å². The van der Waals surface area contributed by atoms with Crippen LogP contribution >= 0.6 is 0 Å². The minimum atomic E-state index is -0.331. The van der Waals surface area contributed by atoms with Crippen LogP contribution in [0.25, 0.3) is 11.3 Å². The monoisotopic (exact) mass is 719 g/mol. The minimum Gasteiger partial charge on any atom is -0.484 e. The fraction of sp³-hybridized carbons (Fsp3) is 0.463.